The molecule has 2 amide bonds. The van der Waals surface area contributed by atoms with Crippen LogP contribution in [0.15, 0.2) is 75.9 Å². The molecule has 3 aromatic carbocycles. The first-order valence-corrected chi connectivity index (χ1v) is 13.5. The van der Waals surface area contributed by atoms with Crippen molar-refractivity contribution in [3.05, 3.63) is 109 Å². The fraction of sp³-hybridized carbons (Fsp3) is 0.233. The highest BCUT2D eigenvalue weighted by Crippen LogP contribution is 2.53. The Morgan fingerprint density at radius 2 is 1.77 bits per heavy atom. The van der Waals surface area contributed by atoms with Crippen LogP contribution >= 0.6 is 23.2 Å². The number of benzene rings is 3. The van der Waals surface area contributed by atoms with Crippen molar-refractivity contribution in [1.29, 1.82) is 0 Å². The first-order valence-electron chi connectivity index (χ1n) is 12.8. The number of carbonyl (C=O) groups is 2. The highest BCUT2D eigenvalue weighted by Gasteiger charge is 2.65. The van der Waals surface area contributed by atoms with E-state index >= 15 is 0 Å². The smallest absolute Gasteiger partial charge is 0.291 e. The normalized spacial score (nSPS) is 21.8. The summed E-state index contributed by atoms with van der Waals surface area (Å²) in [6.07, 6.45) is 1.33. The van der Waals surface area contributed by atoms with Gasteiger partial charge < -0.3 is 19.0 Å². The van der Waals surface area contributed by atoms with Crippen LogP contribution in [0.2, 0.25) is 10.0 Å². The molecule has 0 aliphatic carbocycles. The summed E-state index contributed by atoms with van der Waals surface area (Å²) in [5.74, 6) is -1.06. The lowest BCUT2D eigenvalue weighted by molar-refractivity contribution is -0.126. The van der Waals surface area contributed by atoms with Gasteiger partial charge in [0.2, 0.25) is 5.76 Å². The molecule has 1 aromatic heterocycles. The number of ether oxygens (including phenoxy) is 1. The predicted molar refractivity (Wildman–Crippen MR) is 147 cm³/mol. The molecule has 3 aliphatic heterocycles. The Hall–Kier alpha value is -3.65. The zero-order valence-corrected chi connectivity index (χ0v) is 22.2. The summed E-state index contributed by atoms with van der Waals surface area (Å²) in [5.41, 5.74) is -0.0390. The zero-order valence-electron chi connectivity index (χ0n) is 20.7. The fourth-order valence-corrected chi connectivity index (χ4v) is 6.53. The molecule has 1 saturated heterocycles. The van der Waals surface area contributed by atoms with E-state index in [-0.39, 0.29) is 41.5 Å². The molecule has 7 nitrogen and oxygen atoms in total. The van der Waals surface area contributed by atoms with E-state index in [4.69, 9.17) is 32.4 Å². The number of hydrogen-bond donors (Lipinski definition) is 0. The summed E-state index contributed by atoms with van der Waals surface area (Å²) >= 11 is 12.7. The average Bonchev–Trinajstić information content (AvgIpc) is 3.60. The monoisotopic (exact) mass is 560 g/mol. The molecule has 1 fully saturated rings. The SMILES string of the molecule is O=C1c2oc3ccc(Cl)cc3c(=O)c2C2(C(=O)N(Cc3ccccc3Cl)c3ccccc32)N1CC1CCCO1. The van der Waals surface area contributed by atoms with Crippen LogP contribution in [0.4, 0.5) is 5.69 Å². The summed E-state index contributed by atoms with van der Waals surface area (Å²) in [7, 11) is 0. The number of para-hydroxylation sites is 1. The van der Waals surface area contributed by atoms with Crippen molar-refractivity contribution in [2.45, 2.75) is 31.0 Å². The van der Waals surface area contributed by atoms with E-state index in [9.17, 15) is 14.4 Å². The molecular formula is C30H22Cl2N2O5. The molecular weight excluding hydrogens is 539 g/mol. The first-order chi connectivity index (χ1) is 18.9. The van der Waals surface area contributed by atoms with Crippen LogP contribution in [0, 0.1) is 0 Å². The van der Waals surface area contributed by atoms with E-state index in [0.29, 0.717) is 27.9 Å². The summed E-state index contributed by atoms with van der Waals surface area (Å²) in [6, 6.07) is 19.2. The van der Waals surface area contributed by atoms with Gasteiger partial charge in [-0.2, -0.15) is 0 Å². The van der Waals surface area contributed by atoms with Crippen LogP contribution in [-0.2, 0) is 21.6 Å². The highest BCUT2D eigenvalue weighted by atomic mass is 35.5. The quantitative estimate of drug-likeness (QED) is 0.328. The summed E-state index contributed by atoms with van der Waals surface area (Å²) in [5, 5.41) is 1.08. The Labute approximate surface area is 233 Å². The molecule has 0 radical (unpaired) electrons. The maximum Gasteiger partial charge on any atom is 0.291 e. The molecule has 7 rings (SSSR count). The lowest BCUT2D eigenvalue weighted by Gasteiger charge is -2.35. The molecule has 2 unspecified atom stereocenters. The van der Waals surface area contributed by atoms with Gasteiger partial charge >= 0.3 is 0 Å². The third kappa shape index (κ3) is 3.43. The molecule has 0 saturated carbocycles. The van der Waals surface area contributed by atoms with Gasteiger partial charge in [0.05, 0.1) is 29.3 Å². The van der Waals surface area contributed by atoms with Gasteiger partial charge in [0.25, 0.3) is 11.8 Å². The minimum absolute atomic E-state index is 0.0133. The zero-order chi connectivity index (χ0) is 26.9. The number of hydrogen-bond acceptors (Lipinski definition) is 5. The van der Waals surface area contributed by atoms with Crippen molar-refractivity contribution in [2.75, 3.05) is 18.1 Å². The molecule has 196 valence electrons. The number of halogens is 2. The van der Waals surface area contributed by atoms with Gasteiger partial charge in [-0.1, -0.05) is 59.6 Å². The lowest BCUT2D eigenvalue weighted by Crippen LogP contribution is -2.55. The molecule has 9 heteroatoms. The third-order valence-corrected chi connectivity index (χ3v) is 8.50. The van der Waals surface area contributed by atoms with Gasteiger partial charge in [0.1, 0.15) is 5.58 Å². The Bertz CT molecular complexity index is 1750. The van der Waals surface area contributed by atoms with Crippen LogP contribution < -0.4 is 10.3 Å². The lowest BCUT2D eigenvalue weighted by atomic mass is 9.83. The number of rotatable bonds is 4. The van der Waals surface area contributed by atoms with Crippen molar-refractivity contribution in [2.24, 2.45) is 0 Å². The maximum atomic E-state index is 14.8. The van der Waals surface area contributed by atoms with Crippen LogP contribution in [0.1, 0.15) is 40.1 Å². The molecule has 2 atom stereocenters. The number of nitrogens with zero attached hydrogens (tertiary/aromatic N) is 2. The number of anilines is 1. The van der Waals surface area contributed by atoms with Crippen molar-refractivity contribution >= 4 is 51.7 Å². The Balaban J connectivity index is 1.51. The molecule has 0 bridgehead atoms. The minimum atomic E-state index is -1.71. The van der Waals surface area contributed by atoms with Crippen LogP contribution in [0.25, 0.3) is 11.0 Å². The van der Waals surface area contributed by atoms with Crippen LogP contribution in [-0.4, -0.2) is 36.0 Å². The Morgan fingerprint density at radius 3 is 2.56 bits per heavy atom. The Morgan fingerprint density at radius 1 is 0.974 bits per heavy atom. The van der Waals surface area contributed by atoms with Crippen LogP contribution in [0.5, 0.6) is 0 Å². The van der Waals surface area contributed by atoms with Crippen molar-refractivity contribution in [1.82, 2.24) is 4.90 Å². The van der Waals surface area contributed by atoms with E-state index in [1.165, 1.54) is 11.0 Å². The standard InChI is InChI=1S/C30H22Cl2N2O5/c31-18-11-12-24-20(14-18)26(35)25-27(39-24)28(36)34(16-19-7-5-13-38-19)30(25)21-8-2-4-10-23(21)33(29(30)37)15-17-6-1-3-9-22(17)32/h1-4,6,8-12,14,19H,5,7,13,15-16H2. The maximum absolute atomic E-state index is 14.8. The number of fused-ring (bicyclic) bond motifs is 5. The van der Waals surface area contributed by atoms with Gasteiger partial charge in [-0.25, -0.2) is 0 Å². The van der Waals surface area contributed by atoms with Gasteiger partial charge in [0, 0.05) is 28.8 Å². The van der Waals surface area contributed by atoms with Gasteiger partial charge in [-0.15, -0.1) is 0 Å². The van der Waals surface area contributed by atoms with E-state index in [0.717, 1.165) is 18.4 Å². The highest BCUT2D eigenvalue weighted by molar-refractivity contribution is 6.31. The van der Waals surface area contributed by atoms with E-state index in [1.54, 1.807) is 35.2 Å². The third-order valence-electron chi connectivity index (χ3n) is 7.89. The fourth-order valence-electron chi connectivity index (χ4n) is 6.16. The summed E-state index contributed by atoms with van der Waals surface area (Å²) in [6.45, 7) is 0.883. The van der Waals surface area contributed by atoms with Crippen molar-refractivity contribution in [3.63, 3.8) is 0 Å². The average molecular weight is 561 g/mol. The summed E-state index contributed by atoms with van der Waals surface area (Å²) in [4.78, 5) is 46.2. The largest absolute Gasteiger partial charge is 0.450 e. The Kier molecular flexibility index (Phi) is 5.60. The number of carbonyl (C=O) groups excluding carboxylic acids is 2. The minimum Gasteiger partial charge on any atom is -0.450 e. The van der Waals surface area contributed by atoms with Gasteiger partial charge in [-0.05, 0) is 48.7 Å². The molecule has 4 aromatic rings. The molecule has 39 heavy (non-hydrogen) atoms. The van der Waals surface area contributed by atoms with Gasteiger partial charge in [0.15, 0.2) is 11.0 Å². The molecule has 1 spiro atoms. The molecule has 3 aliphatic rings. The topological polar surface area (TPSA) is 80.1 Å². The van der Waals surface area contributed by atoms with E-state index in [2.05, 4.69) is 0 Å². The predicted octanol–water partition coefficient (Wildman–Crippen LogP) is 5.53. The first kappa shape index (κ1) is 24.4. The molecule has 0 N–H and O–H groups in total. The summed E-state index contributed by atoms with van der Waals surface area (Å²) < 4.78 is 12.0. The van der Waals surface area contributed by atoms with E-state index < -0.39 is 22.8 Å². The van der Waals surface area contributed by atoms with E-state index in [1.807, 2.05) is 30.3 Å². The molecule has 4 heterocycles. The second-order valence-electron chi connectivity index (χ2n) is 10.0. The van der Waals surface area contributed by atoms with Crippen molar-refractivity contribution in [3.8, 4) is 0 Å². The second-order valence-corrected chi connectivity index (χ2v) is 10.9. The second kappa shape index (κ2) is 8.95. The van der Waals surface area contributed by atoms with Gasteiger partial charge in [-0.3, -0.25) is 14.4 Å². The number of amides is 2. The van der Waals surface area contributed by atoms with Crippen molar-refractivity contribution < 1.29 is 18.7 Å². The van der Waals surface area contributed by atoms with Crippen LogP contribution in [0.3, 0.4) is 0 Å².